The second-order valence-corrected chi connectivity index (χ2v) is 7.88. The number of rotatable bonds is 6. The molecule has 0 spiro atoms. The topological polar surface area (TPSA) is 82.4 Å². The molecule has 1 fully saturated rings. The fraction of sp³-hybridized carbons (Fsp3) is 0.316. The molecule has 0 bridgehead atoms. The molecule has 1 saturated heterocycles. The second kappa shape index (κ2) is 8.43. The van der Waals surface area contributed by atoms with E-state index in [1.54, 1.807) is 0 Å². The van der Waals surface area contributed by atoms with Crippen molar-refractivity contribution in [1.82, 2.24) is 9.62 Å². The highest BCUT2D eigenvalue weighted by Crippen LogP contribution is 2.15. The number of nitrogens with zero attached hydrogens (tertiary/aromatic N) is 2. The van der Waals surface area contributed by atoms with Crippen molar-refractivity contribution in [3.8, 4) is 6.07 Å². The Morgan fingerprint density at radius 3 is 2.35 bits per heavy atom. The molecule has 2 aromatic carbocycles. The number of hydrogen-bond donors (Lipinski definition) is 1. The molecule has 7 heteroatoms. The lowest BCUT2D eigenvalue weighted by molar-refractivity contribution is 0.0341. The van der Waals surface area contributed by atoms with Crippen LogP contribution in [0.1, 0.15) is 16.7 Å². The summed E-state index contributed by atoms with van der Waals surface area (Å²) in [5, 5.41) is 8.82. The maximum absolute atomic E-state index is 12.5. The van der Waals surface area contributed by atoms with Crippen molar-refractivity contribution in [3.63, 3.8) is 0 Å². The zero-order valence-corrected chi connectivity index (χ0v) is 15.2. The van der Waals surface area contributed by atoms with Crippen molar-refractivity contribution in [3.05, 3.63) is 65.2 Å². The quantitative estimate of drug-likeness (QED) is 0.838. The van der Waals surface area contributed by atoms with E-state index in [-0.39, 0.29) is 11.4 Å². The molecule has 2 aromatic rings. The third-order valence-electron chi connectivity index (χ3n) is 4.36. The van der Waals surface area contributed by atoms with Gasteiger partial charge < -0.3 is 4.74 Å². The molecule has 1 N–H and O–H groups in total. The van der Waals surface area contributed by atoms with Gasteiger partial charge in [0.1, 0.15) is 0 Å². The summed E-state index contributed by atoms with van der Waals surface area (Å²) in [6.45, 7) is 4.22. The standard InChI is InChI=1S/C19H21N3O3S/c20-13-16-5-7-19(8-6-16)26(23,24)21-14-17-3-1-2-4-18(17)15-22-9-11-25-12-10-22/h1-8,21H,9-12,14-15H2. The van der Waals surface area contributed by atoms with Gasteiger partial charge in [0.05, 0.1) is 29.7 Å². The number of benzene rings is 2. The molecule has 26 heavy (non-hydrogen) atoms. The van der Waals surface area contributed by atoms with Crippen molar-refractivity contribution < 1.29 is 13.2 Å². The van der Waals surface area contributed by atoms with E-state index in [0.29, 0.717) is 5.56 Å². The van der Waals surface area contributed by atoms with Gasteiger partial charge in [-0.2, -0.15) is 5.26 Å². The van der Waals surface area contributed by atoms with Gasteiger partial charge in [0, 0.05) is 26.2 Å². The van der Waals surface area contributed by atoms with Gasteiger partial charge in [-0.05, 0) is 35.4 Å². The van der Waals surface area contributed by atoms with Gasteiger partial charge >= 0.3 is 0 Å². The molecule has 0 unspecified atom stereocenters. The first kappa shape index (κ1) is 18.5. The largest absolute Gasteiger partial charge is 0.379 e. The lowest BCUT2D eigenvalue weighted by Crippen LogP contribution is -2.36. The Morgan fingerprint density at radius 2 is 1.69 bits per heavy atom. The Kier molecular flexibility index (Phi) is 6.01. The van der Waals surface area contributed by atoms with Crippen molar-refractivity contribution >= 4 is 10.0 Å². The second-order valence-electron chi connectivity index (χ2n) is 6.12. The summed E-state index contributed by atoms with van der Waals surface area (Å²) in [4.78, 5) is 2.46. The first-order valence-corrected chi connectivity index (χ1v) is 9.93. The molecular weight excluding hydrogens is 350 g/mol. The normalized spacial score (nSPS) is 15.5. The Morgan fingerprint density at radius 1 is 1.04 bits per heavy atom. The zero-order valence-electron chi connectivity index (χ0n) is 14.4. The molecule has 0 saturated carbocycles. The molecule has 136 valence electrons. The lowest BCUT2D eigenvalue weighted by atomic mass is 10.1. The van der Waals surface area contributed by atoms with E-state index in [1.807, 2.05) is 30.3 Å². The van der Waals surface area contributed by atoms with Crippen LogP contribution < -0.4 is 4.72 Å². The molecule has 0 aromatic heterocycles. The smallest absolute Gasteiger partial charge is 0.240 e. The van der Waals surface area contributed by atoms with E-state index < -0.39 is 10.0 Å². The fourth-order valence-corrected chi connectivity index (χ4v) is 3.86. The molecule has 1 heterocycles. The lowest BCUT2D eigenvalue weighted by Gasteiger charge is -2.27. The fourth-order valence-electron chi connectivity index (χ4n) is 2.85. The molecule has 6 nitrogen and oxygen atoms in total. The third kappa shape index (κ3) is 4.68. The molecule has 1 aliphatic heterocycles. The average molecular weight is 371 g/mol. The number of ether oxygens (including phenoxy) is 1. The van der Waals surface area contributed by atoms with Crippen LogP contribution in [0.5, 0.6) is 0 Å². The Bertz CT molecular complexity index is 883. The molecular formula is C19H21N3O3S. The van der Waals surface area contributed by atoms with Gasteiger partial charge in [0.15, 0.2) is 0 Å². The van der Waals surface area contributed by atoms with Gasteiger partial charge in [0.25, 0.3) is 0 Å². The Hall–Kier alpha value is -2.24. The van der Waals surface area contributed by atoms with E-state index in [9.17, 15) is 8.42 Å². The summed E-state index contributed by atoms with van der Waals surface area (Å²) < 4.78 is 33.0. The van der Waals surface area contributed by atoms with E-state index in [2.05, 4.69) is 9.62 Å². The van der Waals surface area contributed by atoms with Gasteiger partial charge in [-0.25, -0.2) is 13.1 Å². The SMILES string of the molecule is N#Cc1ccc(S(=O)(=O)NCc2ccccc2CN2CCOCC2)cc1. The molecule has 0 radical (unpaired) electrons. The van der Waals surface area contributed by atoms with Crippen LogP contribution in [-0.4, -0.2) is 39.6 Å². The molecule has 0 amide bonds. The van der Waals surface area contributed by atoms with Gasteiger partial charge in [-0.1, -0.05) is 24.3 Å². The van der Waals surface area contributed by atoms with Crippen LogP contribution in [0, 0.1) is 11.3 Å². The number of hydrogen-bond acceptors (Lipinski definition) is 5. The minimum Gasteiger partial charge on any atom is -0.379 e. The summed E-state index contributed by atoms with van der Waals surface area (Å²) in [6.07, 6.45) is 0. The van der Waals surface area contributed by atoms with Crippen molar-refractivity contribution in [2.45, 2.75) is 18.0 Å². The summed E-state index contributed by atoms with van der Waals surface area (Å²) >= 11 is 0. The first-order valence-electron chi connectivity index (χ1n) is 8.45. The number of morpholine rings is 1. The van der Waals surface area contributed by atoms with Gasteiger partial charge in [-0.15, -0.1) is 0 Å². The Balaban J connectivity index is 1.69. The van der Waals surface area contributed by atoms with Gasteiger partial charge in [-0.3, -0.25) is 4.90 Å². The average Bonchev–Trinajstić information content (AvgIpc) is 2.68. The summed E-state index contributed by atoms with van der Waals surface area (Å²) in [5.74, 6) is 0. The van der Waals surface area contributed by atoms with Crippen LogP contribution in [0.4, 0.5) is 0 Å². The van der Waals surface area contributed by atoms with Crippen LogP contribution in [0.3, 0.4) is 0 Å². The predicted octanol–water partition coefficient (Wildman–Crippen LogP) is 1.87. The number of nitrogens with one attached hydrogen (secondary N) is 1. The maximum atomic E-state index is 12.5. The zero-order chi connectivity index (χ0) is 18.4. The van der Waals surface area contributed by atoms with E-state index in [0.717, 1.165) is 44.0 Å². The number of sulfonamides is 1. The van der Waals surface area contributed by atoms with Crippen LogP contribution in [0.2, 0.25) is 0 Å². The highest BCUT2D eigenvalue weighted by Gasteiger charge is 2.16. The molecule has 1 aliphatic rings. The summed E-state index contributed by atoms with van der Waals surface area (Å²) in [6, 6.07) is 15.7. The van der Waals surface area contributed by atoms with Crippen LogP contribution in [-0.2, 0) is 27.8 Å². The van der Waals surface area contributed by atoms with Crippen molar-refractivity contribution in [2.75, 3.05) is 26.3 Å². The minimum atomic E-state index is -3.63. The van der Waals surface area contributed by atoms with Gasteiger partial charge in [0.2, 0.25) is 10.0 Å². The highest BCUT2D eigenvalue weighted by molar-refractivity contribution is 7.89. The van der Waals surface area contributed by atoms with Crippen molar-refractivity contribution in [2.24, 2.45) is 0 Å². The highest BCUT2D eigenvalue weighted by atomic mass is 32.2. The maximum Gasteiger partial charge on any atom is 0.240 e. The first-order chi connectivity index (χ1) is 12.6. The third-order valence-corrected chi connectivity index (χ3v) is 5.78. The van der Waals surface area contributed by atoms with Crippen LogP contribution in [0.15, 0.2) is 53.4 Å². The molecule has 0 atom stereocenters. The predicted molar refractivity (Wildman–Crippen MR) is 97.7 cm³/mol. The minimum absolute atomic E-state index is 0.155. The number of nitriles is 1. The summed E-state index contributed by atoms with van der Waals surface area (Å²) in [5.41, 5.74) is 2.49. The van der Waals surface area contributed by atoms with Crippen LogP contribution >= 0.6 is 0 Å². The van der Waals surface area contributed by atoms with E-state index >= 15 is 0 Å². The molecule has 3 rings (SSSR count). The van der Waals surface area contributed by atoms with Crippen LogP contribution in [0.25, 0.3) is 0 Å². The molecule has 0 aliphatic carbocycles. The Labute approximate surface area is 154 Å². The van der Waals surface area contributed by atoms with E-state index in [4.69, 9.17) is 10.00 Å². The monoisotopic (exact) mass is 371 g/mol. The summed E-state index contributed by atoms with van der Waals surface area (Å²) in [7, 11) is -3.63. The van der Waals surface area contributed by atoms with Crippen molar-refractivity contribution in [1.29, 1.82) is 5.26 Å². The van der Waals surface area contributed by atoms with E-state index in [1.165, 1.54) is 24.3 Å².